The molecule has 1 fully saturated rings. The van der Waals surface area contributed by atoms with Crippen LogP contribution in [0.3, 0.4) is 0 Å². The molecule has 2 aliphatic rings. The van der Waals surface area contributed by atoms with Crippen LogP contribution in [0.4, 0.5) is 0 Å². The van der Waals surface area contributed by atoms with Crippen LogP contribution in [0.1, 0.15) is 60.0 Å². The summed E-state index contributed by atoms with van der Waals surface area (Å²) in [6, 6.07) is 0. The van der Waals surface area contributed by atoms with Crippen molar-refractivity contribution in [3.63, 3.8) is 0 Å². The van der Waals surface area contributed by atoms with E-state index in [1.807, 2.05) is 11.8 Å². The third-order valence-electron chi connectivity index (χ3n) is 6.03. The average Bonchev–Trinajstić information content (AvgIpc) is 3.22. The minimum Gasteiger partial charge on any atom is -0.336 e. The Bertz CT molecular complexity index is 1050. The highest BCUT2D eigenvalue weighted by molar-refractivity contribution is 7.19. The quantitative estimate of drug-likeness (QED) is 0.643. The number of thiophene rings is 1. The van der Waals surface area contributed by atoms with Gasteiger partial charge in [-0.05, 0) is 56.4 Å². The summed E-state index contributed by atoms with van der Waals surface area (Å²) < 4.78 is 1.77. The van der Waals surface area contributed by atoms with E-state index in [4.69, 9.17) is 9.97 Å². The number of amides is 1. The molecule has 27 heavy (non-hydrogen) atoms. The van der Waals surface area contributed by atoms with Crippen LogP contribution in [-0.4, -0.2) is 43.5 Å². The van der Waals surface area contributed by atoms with Crippen LogP contribution in [0, 0.1) is 18.8 Å². The Morgan fingerprint density at radius 3 is 2.85 bits per heavy atom. The fourth-order valence-electron chi connectivity index (χ4n) is 4.55. The van der Waals surface area contributed by atoms with Gasteiger partial charge in [-0.3, -0.25) is 4.79 Å². The maximum absolute atomic E-state index is 13.0. The first-order valence-electron chi connectivity index (χ1n) is 9.98. The predicted molar refractivity (Wildman–Crippen MR) is 106 cm³/mol. The Kier molecular flexibility index (Phi) is 3.96. The molecule has 0 saturated carbocycles. The van der Waals surface area contributed by atoms with Crippen LogP contribution in [-0.2, 0) is 12.8 Å². The summed E-state index contributed by atoms with van der Waals surface area (Å²) in [5.41, 5.74) is 2.18. The minimum atomic E-state index is -0.0461. The summed E-state index contributed by atoms with van der Waals surface area (Å²) in [7, 11) is 0. The Hall–Kier alpha value is -2.02. The first-order valence-corrected chi connectivity index (χ1v) is 10.8. The molecule has 3 aromatic rings. The second-order valence-corrected chi connectivity index (χ2v) is 9.44. The molecule has 0 N–H and O–H groups in total. The first kappa shape index (κ1) is 17.1. The molecule has 2 atom stereocenters. The van der Waals surface area contributed by atoms with Gasteiger partial charge in [0.1, 0.15) is 10.7 Å². The number of likely N-dealkylation sites (tertiary alicyclic amines) is 1. The summed E-state index contributed by atoms with van der Waals surface area (Å²) >= 11 is 1.79. The molecule has 1 amide bonds. The van der Waals surface area contributed by atoms with Crippen LogP contribution in [0.25, 0.3) is 15.9 Å². The van der Waals surface area contributed by atoms with Gasteiger partial charge in [-0.15, -0.1) is 16.4 Å². The number of nitrogens with zero attached hydrogens (tertiary/aromatic N) is 5. The van der Waals surface area contributed by atoms with Gasteiger partial charge in [0.25, 0.3) is 5.91 Å². The molecule has 1 aliphatic heterocycles. The molecule has 1 saturated heterocycles. The van der Waals surface area contributed by atoms with Gasteiger partial charge in [-0.1, -0.05) is 13.8 Å². The van der Waals surface area contributed by atoms with Gasteiger partial charge >= 0.3 is 0 Å². The lowest BCUT2D eigenvalue weighted by atomic mass is 9.89. The van der Waals surface area contributed by atoms with Crippen LogP contribution < -0.4 is 0 Å². The Balaban J connectivity index is 1.64. The molecule has 0 bridgehead atoms. The van der Waals surface area contributed by atoms with Crippen molar-refractivity contribution in [2.75, 3.05) is 13.1 Å². The van der Waals surface area contributed by atoms with Crippen molar-refractivity contribution in [1.29, 1.82) is 0 Å². The molecule has 0 unspecified atom stereocenters. The molecule has 0 spiro atoms. The fraction of sp³-hybridized carbons (Fsp3) is 0.600. The highest BCUT2D eigenvalue weighted by Crippen LogP contribution is 2.39. The highest BCUT2D eigenvalue weighted by atomic mass is 32.1. The van der Waals surface area contributed by atoms with E-state index in [2.05, 4.69) is 18.9 Å². The molecule has 142 valence electrons. The number of carbonyl (C=O) groups excluding carboxylic acids is 1. The van der Waals surface area contributed by atoms with Crippen LogP contribution >= 0.6 is 11.3 Å². The number of hydrogen-bond donors (Lipinski definition) is 0. The first-order chi connectivity index (χ1) is 13.0. The second-order valence-electron chi connectivity index (χ2n) is 8.36. The van der Waals surface area contributed by atoms with E-state index in [9.17, 15) is 4.79 Å². The number of fused-ring (bicyclic) bond motifs is 5. The maximum atomic E-state index is 13.0. The summed E-state index contributed by atoms with van der Waals surface area (Å²) in [6.45, 7) is 8.05. The molecule has 4 heterocycles. The van der Waals surface area contributed by atoms with E-state index in [0.717, 1.165) is 54.0 Å². The Morgan fingerprint density at radius 1 is 1.19 bits per heavy atom. The minimum absolute atomic E-state index is 0.0461. The highest BCUT2D eigenvalue weighted by Gasteiger charge is 2.28. The standard InChI is InChI=1S/C20H25N5OS/c1-11-6-7-15-14(9-11)16-18-22-17(20(26)24-8-4-5-12(2)10-24)23-25(18)13(3)21-19(16)27-15/h11-12H,4-10H2,1-3H3/t11-,12+/m0/s1. The van der Waals surface area contributed by atoms with E-state index in [1.165, 1.54) is 23.3 Å². The largest absolute Gasteiger partial charge is 0.336 e. The van der Waals surface area contributed by atoms with E-state index in [1.54, 1.807) is 15.9 Å². The smallest absolute Gasteiger partial charge is 0.293 e. The van der Waals surface area contributed by atoms with Gasteiger partial charge in [-0.25, -0.2) is 9.97 Å². The number of hydrogen-bond acceptors (Lipinski definition) is 5. The molecular formula is C20H25N5OS. The van der Waals surface area contributed by atoms with Crippen molar-refractivity contribution in [3.8, 4) is 0 Å². The van der Waals surface area contributed by atoms with E-state index >= 15 is 0 Å². The number of rotatable bonds is 1. The summed E-state index contributed by atoms with van der Waals surface area (Å²) in [6.07, 6.45) is 5.66. The van der Waals surface area contributed by atoms with Gasteiger partial charge < -0.3 is 4.90 Å². The van der Waals surface area contributed by atoms with Crippen LogP contribution in [0.5, 0.6) is 0 Å². The SMILES string of the molecule is Cc1nc2sc3c(c2c2nc(C(=O)N4CCC[C@@H](C)C4)nn12)C[C@@H](C)CC3. The Labute approximate surface area is 162 Å². The zero-order chi connectivity index (χ0) is 18.7. The van der Waals surface area contributed by atoms with Crippen LogP contribution in [0.2, 0.25) is 0 Å². The Morgan fingerprint density at radius 2 is 2.04 bits per heavy atom. The number of carbonyl (C=O) groups is 1. The third-order valence-corrected chi connectivity index (χ3v) is 7.21. The summed E-state index contributed by atoms with van der Waals surface area (Å²) in [4.78, 5) is 26.9. The molecular weight excluding hydrogens is 358 g/mol. The lowest BCUT2D eigenvalue weighted by molar-refractivity contribution is 0.0671. The zero-order valence-corrected chi connectivity index (χ0v) is 17.0. The topological polar surface area (TPSA) is 63.4 Å². The fourth-order valence-corrected chi connectivity index (χ4v) is 5.81. The number of piperidine rings is 1. The monoisotopic (exact) mass is 383 g/mol. The number of aryl methyl sites for hydroxylation is 2. The third kappa shape index (κ3) is 2.74. The van der Waals surface area contributed by atoms with Crippen molar-refractivity contribution in [2.45, 2.75) is 52.9 Å². The zero-order valence-electron chi connectivity index (χ0n) is 16.2. The van der Waals surface area contributed by atoms with Gasteiger partial charge in [0.05, 0.1) is 5.39 Å². The second kappa shape index (κ2) is 6.26. The average molecular weight is 384 g/mol. The van der Waals surface area contributed by atoms with E-state index < -0.39 is 0 Å². The molecule has 7 heteroatoms. The molecule has 0 aromatic carbocycles. The van der Waals surface area contributed by atoms with Crippen molar-refractivity contribution in [3.05, 3.63) is 22.1 Å². The molecule has 1 aliphatic carbocycles. The van der Waals surface area contributed by atoms with Crippen molar-refractivity contribution < 1.29 is 4.79 Å². The van der Waals surface area contributed by atoms with E-state index in [-0.39, 0.29) is 5.91 Å². The number of aromatic nitrogens is 4. The van der Waals surface area contributed by atoms with Gasteiger partial charge in [0.2, 0.25) is 5.82 Å². The van der Waals surface area contributed by atoms with Crippen molar-refractivity contribution >= 4 is 33.1 Å². The predicted octanol–water partition coefficient (Wildman–Crippen LogP) is 3.64. The lowest BCUT2D eigenvalue weighted by Gasteiger charge is -2.29. The summed E-state index contributed by atoms with van der Waals surface area (Å²) in [5.74, 6) is 2.28. The van der Waals surface area contributed by atoms with Crippen molar-refractivity contribution in [2.24, 2.45) is 11.8 Å². The van der Waals surface area contributed by atoms with E-state index in [0.29, 0.717) is 17.7 Å². The normalized spacial score (nSPS) is 23.1. The molecule has 3 aromatic heterocycles. The summed E-state index contributed by atoms with van der Waals surface area (Å²) in [5, 5.41) is 5.68. The van der Waals surface area contributed by atoms with Gasteiger partial charge in [-0.2, -0.15) is 4.52 Å². The van der Waals surface area contributed by atoms with Gasteiger partial charge in [0, 0.05) is 18.0 Å². The molecule has 0 radical (unpaired) electrons. The lowest BCUT2D eigenvalue weighted by Crippen LogP contribution is -2.39. The maximum Gasteiger partial charge on any atom is 0.293 e. The van der Waals surface area contributed by atoms with Gasteiger partial charge in [0.15, 0.2) is 5.65 Å². The van der Waals surface area contributed by atoms with Crippen LogP contribution in [0.15, 0.2) is 0 Å². The van der Waals surface area contributed by atoms with Crippen molar-refractivity contribution in [1.82, 2.24) is 24.5 Å². The molecule has 6 nitrogen and oxygen atoms in total. The molecule has 5 rings (SSSR count).